The summed E-state index contributed by atoms with van der Waals surface area (Å²) in [5.41, 5.74) is 0.845. The van der Waals surface area contributed by atoms with Crippen LogP contribution in [-0.2, 0) is 19.1 Å². The average molecular weight is 421 g/mol. The van der Waals surface area contributed by atoms with E-state index in [2.05, 4.69) is 5.32 Å². The van der Waals surface area contributed by atoms with Crippen LogP contribution in [0.25, 0.3) is 0 Å². The van der Waals surface area contributed by atoms with Gasteiger partial charge < -0.3 is 19.7 Å². The van der Waals surface area contributed by atoms with Crippen molar-refractivity contribution in [3.05, 3.63) is 53.3 Å². The minimum atomic E-state index is -0.718. The Bertz CT molecular complexity index is 935. The van der Waals surface area contributed by atoms with Gasteiger partial charge in [-0.3, -0.25) is 14.4 Å². The van der Waals surface area contributed by atoms with Crippen molar-refractivity contribution in [1.29, 1.82) is 0 Å². The normalized spacial score (nSPS) is 15.9. The topological polar surface area (TPSA) is 84.9 Å². The molecule has 2 amide bonds. The number of hydrogen-bond donors (Lipinski definition) is 1. The maximum Gasteiger partial charge on any atom is 0.311 e. The molecule has 1 atom stereocenters. The highest BCUT2D eigenvalue weighted by Gasteiger charge is 2.37. The summed E-state index contributed by atoms with van der Waals surface area (Å²) in [5.74, 6) is -2.19. The van der Waals surface area contributed by atoms with Gasteiger partial charge in [-0.1, -0.05) is 11.6 Å². The Morgan fingerprint density at radius 3 is 2.66 bits per heavy atom. The summed E-state index contributed by atoms with van der Waals surface area (Å²) in [6, 6.07) is 10.0. The predicted molar refractivity (Wildman–Crippen MR) is 104 cm³/mol. The van der Waals surface area contributed by atoms with E-state index >= 15 is 0 Å². The molecular formula is C20H18ClFN2O5. The van der Waals surface area contributed by atoms with Crippen LogP contribution in [0.4, 0.5) is 15.8 Å². The van der Waals surface area contributed by atoms with Crippen LogP contribution >= 0.6 is 11.6 Å². The minimum absolute atomic E-state index is 0.0475. The van der Waals surface area contributed by atoms with Crippen molar-refractivity contribution in [3.63, 3.8) is 0 Å². The highest BCUT2D eigenvalue weighted by molar-refractivity contribution is 6.31. The standard InChI is InChI=1S/C20H18ClFN2O5/c1-28-17-7-2-13(21)9-16(17)24-10-12(8-19(24)26)20(27)29-11-18(25)23-15-5-3-14(22)4-6-15/h2-7,9,12H,8,10-11H2,1H3,(H,23,25)/t12-/m1/s1. The summed E-state index contributed by atoms with van der Waals surface area (Å²) in [5, 5.41) is 2.92. The molecule has 1 N–H and O–H groups in total. The Hall–Kier alpha value is -3.13. The van der Waals surface area contributed by atoms with Gasteiger partial charge in [-0.15, -0.1) is 0 Å². The van der Waals surface area contributed by atoms with Crippen LogP contribution < -0.4 is 15.0 Å². The van der Waals surface area contributed by atoms with Gasteiger partial charge in [0.05, 0.1) is 18.7 Å². The van der Waals surface area contributed by atoms with E-state index in [1.165, 1.54) is 36.3 Å². The zero-order valence-electron chi connectivity index (χ0n) is 15.5. The Kier molecular flexibility index (Phi) is 6.33. The van der Waals surface area contributed by atoms with Gasteiger partial charge in [0.2, 0.25) is 5.91 Å². The average Bonchev–Trinajstić information content (AvgIpc) is 3.09. The molecule has 0 saturated carbocycles. The molecule has 1 saturated heterocycles. The quantitative estimate of drug-likeness (QED) is 0.726. The van der Waals surface area contributed by atoms with E-state index in [0.717, 1.165) is 0 Å². The second-order valence-corrected chi connectivity index (χ2v) is 6.82. The van der Waals surface area contributed by atoms with E-state index in [0.29, 0.717) is 22.1 Å². The molecule has 9 heteroatoms. The molecule has 0 aliphatic carbocycles. The molecule has 0 spiro atoms. The summed E-state index contributed by atoms with van der Waals surface area (Å²) >= 11 is 6.01. The van der Waals surface area contributed by atoms with E-state index < -0.39 is 30.2 Å². The zero-order valence-corrected chi connectivity index (χ0v) is 16.2. The number of hydrogen-bond acceptors (Lipinski definition) is 5. The molecule has 2 aromatic rings. The lowest BCUT2D eigenvalue weighted by molar-refractivity contribution is -0.151. The maximum atomic E-state index is 12.9. The maximum absolute atomic E-state index is 12.9. The number of benzene rings is 2. The van der Waals surface area contributed by atoms with Gasteiger partial charge in [-0.25, -0.2) is 4.39 Å². The van der Waals surface area contributed by atoms with Crippen molar-refractivity contribution >= 4 is 40.8 Å². The van der Waals surface area contributed by atoms with E-state index in [4.69, 9.17) is 21.1 Å². The number of ether oxygens (including phenoxy) is 2. The Balaban J connectivity index is 1.57. The molecule has 1 aliphatic rings. The van der Waals surface area contributed by atoms with Crippen LogP contribution in [0.5, 0.6) is 5.75 Å². The van der Waals surface area contributed by atoms with Gasteiger partial charge in [-0.2, -0.15) is 0 Å². The molecule has 0 radical (unpaired) electrons. The molecule has 152 valence electrons. The third-order valence-electron chi connectivity index (χ3n) is 4.36. The molecule has 0 bridgehead atoms. The molecular weight excluding hydrogens is 403 g/mol. The molecule has 29 heavy (non-hydrogen) atoms. The number of nitrogens with one attached hydrogen (secondary N) is 1. The SMILES string of the molecule is COc1ccc(Cl)cc1N1C[C@H](C(=O)OCC(=O)Nc2ccc(F)cc2)CC1=O. The molecule has 2 aromatic carbocycles. The van der Waals surface area contributed by atoms with Crippen molar-refractivity contribution in [2.75, 3.05) is 30.5 Å². The third-order valence-corrected chi connectivity index (χ3v) is 4.60. The zero-order chi connectivity index (χ0) is 21.0. The van der Waals surface area contributed by atoms with Gasteiger partial charge in [0.25, 0.3) is 5.91 Å². The van der Waals surface area contributed by atoms with Crippen molar-refractivity contribution in [2.24, 2.45) is 5.92 Å². The highest BCUT2D eigenvalue weighted by Crippen LogP contribution is 2.35. The largest absolute Gasteiger partial charge is 0.495 e. The smallest absolute Gasteiger partial charge is 0.311 e. The van der Waals surface area contributed by atoms with Crippen LogP contribution in [0.2, 0.25) is 5.02 Å². The molecule has 1 aliphatic heterocycles. The first-order valence-electron chi connectivity index (χ1n) is 8.73. The van der Waals surface area contributed by atoms with Crippen LogP contribution in [0.3, 0.4) is 0 Å². The number of anilines is 2. The first-order chi connectivity index (χ1) is 13.9. The van der Waals surface area contributed by atoms with E-state index in [-0.39, 0.29) is 18.9 Å². The molecule has 0 aromatic heterocycles. The monoisotopic (exact) mass is 420 g/mol. The van der Waals surface area contributed by atoms with Crippen LogP contribution in [0, 0.1) is 11.7 Å². The number of methoxy groups -OCH3 is 1. The van der Waals surface area contributed by atoms with Crippen molar-refractivity contribution in [3.8, 4) is 5.75 Å². The van der Waals surface area contributed by atoms with E-state index in [1.54, 1.807) is 18.2 Å². The summed E-state index contributed by atoms with van der Waals surface area (Å²) in [7, 11) is 1.47. The summed E-state index contributed by atoms with van der Waals surface area (Å²) in [6.07, 6.45) is -0.0475. The van der Waals surface area contributed by atoms with Crippen LogP contribution in [0.15, 0.2) is 42.5 Å². The van der Waals surface area contributed by atoms with Gasteiger partial charge in [0.15, 0.2) is 6.61 Å². The summed E-state index contributed by atoms with van der Waals surface area (Å²) in [6.45, 7) is -0.421. The van der Waals surface area contributed by atoms with Crippen molar-refractivity contribution in [2.45, 2.75) is 6.42 Å². The molecule has 1 fully saturated rings. The molecule has 3 rings (SSSR count). The number of rotatable bonds is 6. The lowest BCUT2D eigenvalue weighted by Crippen LogP contribution is -2.28. The first-order valence-corrected chi connectivity index (χ1v) is 9.11. The Morgan fingerprint density at radius 1 is 1.24 bits per heavy atom. The van der Waals surface area contributed by atoms with Crippen molar-refractivity contribution in [1.82, 2.24) is 0 Å². The van der Waals surface area contributed by atoms with Gasteiger partial charge in [0, 0.05) is 23.7 Å². The van der Waals surface area contributed by atoms with Crippen LogP contribution in [-0.4, -0.2) is 38.0 Å². The third kappa shape index (κ3) is 5.03. The molecule has 7 nitrogen and oxygen atoms in total. The van der Waals surface area contributed by atoms with E-state index in [1.807, 2.05) is 0 Å². The Labute approximate surface area is 171 Å². The van der Waals surface area contributed by atoms with Crippen molar-refractivity contribution < 1.29 is 28.2 Å². The highest BCUT2D eigenvalue weighted by atomic mass is 35.5. The van der Waals surface area contributed by atoms with Crippen LogP contribution in [0.1, 0.15) is 6.42 Å². The lowest BCUT2D eigenvalue weighted by Gasteiger charge is -2.19. The Morgan fingerprint density at radius 2 is 1.97 bits per heavy atom. The van der Waals surface area contributed by atoms with Gasteiger partial charge in [-0.05, 0) is 42.5 Å². The lowest BCUT2D eigenvalue weighted by atomic mass is 10.1. The molecule has 0 unspecified atom stereocenters. The number of carbonyl (C=O) groups excluding carboxylic acids is 3. The van der Waals surface area contributed by atoms with Gasteiger partial charge in [0.1, 0.15) is 11.6 Å². The number of carbonyl (C=O) groups is 3. The number of esters is 1. The summed E-state index contributed by atoms with van der Waals surface area (Å²) in [4.78, 5) is 38.0. The minimum Gasteiger partial charge on any atom is -0.495 e. The first kappa shape index (κ1) is 20.6. The number of nitrogens with zero attached hydrogens (tertiary/aromatic N) is 1. The summed E-state index contributed by atoms with van der Waals surface area (Å²) < 4.78 is 23.2. The predicted octanol–water partition coefficient (Wildman–Crippen LogP) is 3.02. The fourth-order valence-electron chi connectivity index (χ4n) is 2.96. The molecule has 1 heterocycles. The second kappa shape index (κ2) is 8.91. The fraction of sp³-hybridized carbons (Fsp3) is 0.250. The second-order valence-electron chi connectivity index (χ2n) is 6.38. The van der Waals surface area contributed by atoms with E-state index in [9.17, 15) is 18.8 Å². The fourth-order valence-corrected chi connectivity index (χ4v) is 3.12. The van der Waals surface area contributed by atoms with Gasteiger partial charge >= 0.3 is 5.97 Å². The number of amides is 2. The number of halogens is 2.